The first-order chi connectivity index (χ1) is 13.5. The van der Waals surface area contributed by atoms with Gasteiger partial charge in [0.15, 0.2) is 5.13 Å². The van der Waals surface area contributed by atoms with E-state index in [4.69, 9.17) is 4.74 Å². The standard InChI is InChI=1S/C20H22N4O3S/c1-13(2)17(23-20(26)27-11-14-7-4-3-5-8-14)18(25)24-19-22-16(12-28-19)15-9-6-10-21-15/h3-10,12-13,17,21H,11H2,1-2H3,(H,23,26)(H,22,24,25). The van der Waals surface area contributed by atoms with Gasteiger partial charge < -0.3 is 20.4 Å². The van der Waals surface area contributed by atoms with Crippen LogP contribution in [-0.4, -0.2) is 28.0 Å². The predicted octanol–water partition coefficient (Wildman–Crippen LogP) is 4.03. The van der Waals surface area contributed by atoms with Crippen LogP contribution in [0.15, 0.2) is 54.0 Å². The Hall–Kier alpha value is -3.13. The molecule has 3 rings (SSSR count). The highest BCUT2D eigenvalue weighted by atomic mass is 32.1. The average molecular weight is 398 g/mol. The number of aromatic amines is 1. The van der Waals surface area contributed by atoms with E-state index in [2.05, 4.69) is 20.6 Å². The first kappa shape index (κ1) is 19.6. The minimum Gasteiger partial charge on any atom is -0.445 e. The highest BCUT2D eigenvalue weighted by molar-refractivity contribution is 7.14. The fourth-order valence-electron chi connectivity index (χ4n) is 2.55. The number of nitrogens with one attached hydrogen (secondary N) is 3. The predicted molar refractivity (Wildman–Crippen MR) is 109 cm³/mol. The van der Waals surface area contributed by atoms with Crippen LogP contribution in [0.1, 0.15) is 19.4 Å². The molecule has 3 N–H and O–H groups in total. The summed E-state index contributed by atoms with van der Waals surface area (Å²) in [6.45, 7) is 3.85. The second kappa shape index (κ2) is 9.18. The number of aromatic nitrogens is 2. The number of thiazole rings is 1. The Kier molecular flexibility index (Phi) is 6.44. The Morgan fingerprint density at radius 2 is 1.96 bits per heavy atom. The molecule has 0 radical (unpaired) electrons. The number of hydrogen-bond donors (Lipinski definition) is 3. The first-order valence-corrected chi connectivity index (χ1v) is 9.78. The number of rotatable bonds is 7. The lowest BCUT2D eigenvalue weighted by Crippen LogP contribution is -2.47. The molecular weight excluding hydrogens is 376 g/mol. The maximum absolute atomic E-state index is 12.6. The van der Waals surface area contributed by atoms with E-state index in [1.807, 2.05) is 67.9 Å². The molecule has 0 saturated heterocycles. The highest BCUT2D eigenvalue weighted by Gasteiger charge is 2.25. The fraction of sp³-hybridized carbons (Fsp3) is 0.250. The van der Waals surface area contributed by atoms with E-state index in [1.165, 1.54) is 11.3 Å². The van der Waals surface area contributed by atoms with Gasteiger partial charge in [0.05, 0.1) is 11.4 Å². The van der Waals surface area contributed by atoms with Crippen molar-refractivity contribution < 1.29 is 14.3 Å². The molecule has 0 aliphatic rings. The Balaban J connectivity index is 1.57. The van der Waals surface area contributed by atoms with Gasteiger partial charge in [-0.1, -0.05) is 44.2 Å². The van der Waals surface area contributed by atoms with E-state index in [0.717, 1.165) is 17.0 Å². The van der Waals surface area contributed by atoms with Gasteiger partial charge in [-0.05, 0) is 23.6 Å². The van der Waals surface area contributed by atoms with Gasteiger partial charge in [-0.15, -0.1) is 11.3 Å². The number of nitrogens with zero attached hydrogens (tertiary/aromatic N) is 1. The number of carbonyl (C=O) groups is 2. The molecule has 1 atom stereocenters. The lowest BCUT2D eigenvalue weighted by Gasteiger charge is -2.20. The largest absolute Gasteiger partial charge is 0.445 e. The lowest BCUT2D eigenvalue weighted by molar-refractivity contribution is -0.119. The van der Waals surface area contributed by atoms with E-state index in [0.29, 0.717) is 5.13 Å². The van der Waals surface area contributed by atoms with E-state index in [-0.39, 0.29) is 18.4 Å². The van der Waals surface area contributed by atoms with Gasteiger partial charge in [-0.3, -0.25) is 4.79 Å². The maximum atomic E-state index is 12.6. The van der Waals surface area contributed by atoms with Gasteiger partial charge in [-0.2, -0.15) is 0 Å². The summed E-state index contributed by atoms with van der Waals surface area (Å²) in [5.74, 6) is -0.453. The molecule has 0 aliphatic heterocycles. The van der Waals surface area contributed by atoms with Crippen molar-refractivity contribution in [3.8, 4) is 11.4 Å². The van der Waals surface area contributed by atoms with Gasteiger partial charge in [0.2, 0.25) is 5.91 Å². The second-order valence-electron chi connectivity index (χ2n) is 6.54. The molecule has 0 fully saturated rings. The smallest absolute Gasteiger partial charge is 0.408 e. The molecule has 2 heterocycles. The topological polar surface area (TPSA) is 96.1 Å². The minimum absolute atomic E-state index is 0.118. The number of H-pyrrole nitrogens is 1. The van der Waals surface area contributed by atoms with Crippen LogP contribution in [0.5, 0.6) is 0 Å². The van der Waals surface area contributed by atoms with Gasteiger partial charge in [0.25, 0.3) is 0 Å². The summed E-state index contributed by atoms with van der Waals surface area (Å²) in [5.41, 5.74) is 2.50. The number of carbonyl (C=O) groups excluding carboxylic acids is 2. The summed E-state index contributed by atoms with van der Waals surface area (Å²) in [6, 6.07) is 12.4. The molecular formula is C20H22N4O3S. The Labute approximate surface area is 167 Å². The van der Waals surface area contributed by atoms with Crippen LogP contribution in [0.3, 0.4) is 0 Å². The van der Waals surface area contributed by atoms with Crippen molar-refractivity contribution in [1.29, 1.82) is 0 Å². The summed E-state index contributed by atoms with van der Waals surface area (Å²) in [5, 5.41) is 7.73. The molecule has 7 nitrogen and oxygen atoms in total. The number of benzene rings is 1. The van der Waals surface area contributed by atoms with E-state index in [1.54, 1.807) is 0 Å². The van der Waals surface area contributed by atoms with Crippen LogP contribution >= 0.6 is 11.3 Å². The summed E-state index contributed by atoms with van der Waals surface area (Å²) in [7, 11) is 0. The first-order valence-electron chi connectivity index (χ1n) is 8.90. The molecule has 146 valence electrons. The van der Waals surface area contributed by atoms with Gasteiger partial charge in [0.1, 0.15) is 12.6 Å². The molecule has 2 amide bonds. The lowest BCUT2D eigenvalue weighted by atomic mass is 10.0. The quantitative estimate of drug-likeness (QED) is 0.560. The van der Waals surface area contributed by atoms with Crippen molar-refractivity contribution in [3.05, 3.63) is 59.6 Å². The molecule has 1 aromatic carbocycles. The maximum Gasteiger partial charge on any atom is 0.408 e. The third-order valence-electron chi connectivity index (χ3n) is 4.04. The number of hydrogen-bond acceptors (Lipinski definition) is 5. The van der Waals surface area contributed by atoms with Crippen LogP contribution in [0.4, 0.5) is 9.93 Å². The van der Waals surface area contributed by atoms with Crippen molar-refractivity contribution in [2.24, 2.45) is 5.92 Å². The van der Waals surface area contributed by atoms with Crippen molar-refractivity contribution in [3.63, 3.8) is 0 Å². The SMILES string of the molecule is CC(C)C(NC(=O)OCc1ccccc1)C(=O)Nc1nc(-c2ccc[nH]2)cs1. The molecule has 8 heteroatoms. The van der Waals surface area contributed by atoms with E-state index in [9.17, 15) is 9.59 Å². The van der Waals surface area contributed by atoms with E-state index < -0.39 is 12.1 Å². The molecule has 0 bridgehead atoms. The summed E-state index contributed by atoms with van der Waals surface area (Å²) < 4.78 is 5.21. The summed E-state index contributed by atoms with van der Waals surface area (Å²) in [6.07, 6.45) is 1.18. The van der Waals surface area contributed by atoms with Crippen LogP contribution in [0.25, 0.3) is 11.4 Å². The van der Waals surface area contributed by atoms with Gasteiger partial charge in [0, 0.05) is 11.6 Å². The average Bonchev–Trinajstić information content (AvgIpc) is 3.36. The second-order valence-corrected chi connectivity index (χ2v) is 7.40. The van der Waals surface area contributed by atoms with Crippen molar-refractivity contribution >= 4 is 28.5 Å². The Bertz CT molecular complexity index is 907. The number of alkyl carbamates (subject to hydrolysis) is 1. The molecule has 3 aromatic rings. The third kappa shape index (κ3) is 5.20. The Morgan fingerprint density at radius 3 is 2.64 bits per heavy atom. The van der Waals surface area contributed by atoms with Gasteiger partial charge in [-0.25, -0.2) is 9.78 Å². The molecule has 28 heavy (non-hydrogen) atoms. The van der Waals surface area contributed by atoms with Crippen LogP contribution in [-0.2, 0) is 16.1 Å². The summed E-state index contributed by atoms with van der Waals surface area (Å²) >= 11 is 1.32. The minimum atomic E-state index is -0.735. The zero-order valence-corrected chi connectivity index (χ0v) is 16.5. The molecule has 1 unspecified atom stereocenters. The van der Waals surface area contributed by atoms with Crippen LogP contribution in [0, 0.1) is 5.92 Å². The normalized spacial score (nSPS) is 11.8. The fourth-order valence-corrected chi connectivity index (χ4v) is 3.27. The van der Waals surface area contributed by atoms with E-state index >= 15 is 0 Å². The Morgan fingerprint density at radius 1 is 1.18 bits per heavy atom. The molecule has 0 aliphatic carbocycles. The number of anilines is 1. The number of amides is 2. The van der Waals surface area contributed by atoms with Crippen molar-refractivity contribution in [2.75, 3.05) is 5.32 Å². The number of ether oxygens (including phenoxy) is 1. The highest BCUT2D eigenvalue weighted by Crippen LogP contribution is 2.23. The monoisotopic (exact) mass is 398 g/mol. The van der Waals surface area contributed by atoms with Crippen molar-refractivity contribution in [1.82, 2.24) is 15.3 Å². The molecule has 0 saturated carbocycles. The third-order valence-corrected chi connectivity index (χ3v) is 4.80. The molecule has 0 spiro atoms. The van der Waals surface area contributed by atoms with Gasteiger partial charge >= 0.3 is 6.09 Å². The summed E-state index contributed by atoms with van der Waals surface area (Å²) in [4.78, 5) is 32.2. The zero-order chi connectivity index (χ0) is 19.9. The zero-order valence-electron chi connectivity index (χ0n) is 15.6. The van der Waals surface area contributed by atoms with Crippen LogP contribution in [0.2, 0.25) is 0 Å². The molecule has 2 aromatic heterocycles. The van der Waals surface area contributed by atoms with Crippen molar-refractivity contribution in [2.45, 2.75) is 26.5 Å². The van der Waals surface area contributed by atoms with Crippen LogP contribution < -0.4 is 10.6 Å².